The normalized spacial score (nSPS) is 11.9. The van der Waals surface area contributed by atoms with Crippen molar-refractivity contribution in [3.63, 3.8) is 0 Å². The number of carbonyl (C=O) groups is 1. The van der Waals surface area contributed by atoms with E-state index in [0.717, 1.165) is 45.2 Å². The number of ketones is 1. The Kier molecular flexibility index (Phi) is 12.2. The fourth-order valence-electron chi connectivity index (χ4n) is 1.49. The van der Waals surface area contributed by atoms with Gasteiger partial charge in [0.2, 0.25) is 0 Å². The highest BCUT2D eigenvalue weighted by atomic mass is 32.2. The summed E-state index contributed by atoms with van der Waals surface area (Å²) < 4.78 is 19.0. The van der Waals surface area contributed by atoms with Crippen LogP contribution in [0.4, 0.5) is 0 Å². The molecule has 0 amide bonds. The second-order valence-corrected chi connectivity index (χ2v) is 5.89. The van der Waals surface area contributed by atoms with E-state index in [0.29, 0.717) is 17.3 Å². The van der Waals surface area contributed by atoms with E-state index in [-0.39, 0.29) is 5.78 Å². The molecule has 0 radical (unpaired) electrons. The average molecular weight is 308 g/mol. The first-order valence-electron chi connectivity index (χ1n) is 6.61. The molecule has 0 aliphatic rings. The molecule has 0 aliphatic heterocycles. The maximum absolute atomic E-state index is 10.7. The predicted octanol–water partition coefficient (Wildman–Crippen LogP) is 1.60. The molecule has 5 nitrogen and oxygen atoms in total. The quantitative estimate of drug-likeness (QED) is 0.306. The topological polar surface area (TPSA) is 78.4 Å². The zero-order valence-corrected chi connectivity index (χ0v) is 13.1. The molecule has 0 heterocycles. The van der Waals surface area contributed by atoms with Crippen molar-refractivity contribution in [2.45, 2.75) is 45.4 Å². The predicted molar refractivity (Wildman–Crippen MR) is 82.6 cm³/mol. The summed E-state index contributed by atoms with van der Waals surface area (Å²) in [5.74, 6) is 0.572. The Hall–Kier alpha value is -0.530. The van der Waals surface area contributed by atoms with Crippen LogP contribution in [0, 0.1) is 0 Å². The molecule has 0 saturated carbocycles. The van der Waals surface area contributed by atoms with Gasteiger partial charge in [-0.2, -0.15) is 0 Å². The third kappa shape index (κ3) is 15.4. The second-order valence-electron chi connectivity index (χ2n) is 4.43. The van der Waals surface area contributed by atoms with Crippen molar-refractivity contribution >= 4 is 34.2 Å². The van der Waals surface area contributed by atoms with Gasteiger partial charge in [0.25, 0.3) is 0 Å². The van der Waals surface area contributed by atoms with Gasteiger partial charge in [0.1, 0.15) is 5.78 Å². The number of hydrogen-bond acceptors (Lipinski definition) is 3. The summed E-state index contributed by atoms with van der Waals surface area (Å²) in [6.07, 6.45) is 5.07. The van der Waals surface area contributed by atoms with Crippen LogP contribution < -0.4 is 10.6 Å². The van der Waals surface area contributed by atoms with Crippen LogP contribution >= 0.6 is 12.2 Å². The van der Waals surface area contributed by atoms with Crippen LogP contribution in [0.5, 0.6) is 0 Å². The largest absolute Gasteiger partial charge is 0.363 e. The lowest BCUT2D eigenvalue weighted by atomic mass is 10.2. The van der Waals surface area contributed by atoms with Crippen LogP contribution in [-0.4, -0.2) is 38.5 Å². The highest BCUT2D eigenvalue weighted by molar-refractivity contribution is 7.80. The molecule has 0 aliphatic carbocycles. The molecule has 1 atom stereocenters. The first kappa shape index (κ1) is 18.5. The van der Waals surface area contributed by atoms with E-state index in [1.54, 1.807) is 6.92 Å². The van der Waals surface area contributed by atoms with E-state index >= 15 is 0 Å². The van der Waals surface area contributed by atoms with Gasteiger partial charge in [0.05, 0.1) is 0 Å². The van der Waals surface area contributed by atoms with Crippen molar-refractivity contribution in [2.75, 3.05) is 18.8 Å². The molecular weight excluding hydrogens is 284 g/mol. The van der Waals surface area contributed by atoms with Crippen molar-refractivity contribution in [1.82, 2.24) is 10.6 Å². The zero-order valence-electron chi connectivity index (χ0n) is 11.4. The van der Waals surface area contributed by atoms with Crippen molar-refractivity contribution in [3.05, 3.63) is 0 Å². The number of Topliss-reactive ketones (excluding diaryl/α,β-unsaturated/α-hetero) is 1. The maximum atomic E-state index is 10.7. The van der Waals surface area contributed by atoms with Crippen LogP contribution in [0.15, 0.2) is 0 Å². The first-order valence-corrected chi connectivity index (χ1v) is 8.29. The highest BCUT2D eigenvalue weighted by Gasteiger charge is 1.97. The average Bonchev–Trinajstić information content (AvgIpc) is 2.32. The van der Waals surface area contributed by atoms with E-state index in [4.69, 9.17) is 16.8 Å². The third-order valence-electron chi connectivity index (χ3n) is 2.52. The lowest BCUT2D eigenvalue weighted by Gasteiger charge is -2.09. The molecule has 3 N–H and O–H groups in total. The van der Waals surface area contributed by atoms with E-state index in [9.17, 15) is 9.00 Å². The molecule has 0 rings (SSSR count). The molecule has 7 heteroatoms. The molecule has 0 bridgehead atoms. The van der Waals surface area contributed by atoms with Crippen molar-refractivity contribution in [3.8, 4) is 0 Å². The molecule has 0 aromatic rings. The van der Waals surface area contributed by atoms with Gasteiger partial charge in [-0.3, -0.25) is 0 Å². The molecular formula is C12H24N2O3S2. The van der Waals surface area contributed by atoms with Gasteiger partial charge in [0.15, 0.2) is 16.2 Å². The van der Waals surface area contributed by atoms with Crippen LogP contribution in [0.3, 0.4) is 0 Å². The van der Waals surface area contributed by atoms with E-state index in [2.05, 4.69) is 10.6 Å². The standard InChI is InChI=1S/C12H24N2O3S2/c1-11(15)7-3-5-9-14-12(18)13-8-4-2-6-10-19(16)17/h2-10H2,1H3,(H,16,17)(H2,13,14,18). The molecule has 112 valence electrons. The van der Waals surface area contributed by atoms with Crippen molar-refractivity contribution in [1.29, 1.82) is 0 Å². The molecule has 0 fully saturated rings. The lowest BCUT2D eigenvalue weighted by Crippen LogP contribution is -2.36. The molecule has 0 saturated heterocycles. The van der Waals surface area contributed by atoms with E-state index in [1.807, 2.05) is 0 Å². The van der Waals surface area contributed by atoms with Gasteiger partial charge in [-0.25, -0.2) is 4.21 Å². The van der Waals surface area contributed by atoms with Crippen molar-refractivity contribution < 1.29 is 13.6 Å². The second kappa shape index (κ2) is 12.5. The summed E-state index contributed by atoms with van der Waals surface area (Å²) in [5.41, 5.74) is 0. The number of unbranched alkanes of at least 4 members (excludes halogenated alkanes) is 3. The fraction of sp³-hybridized carbons (Fsp3) is 0.833. The fourth-order valence-corrected chi connectivity index (χ4v) is 2.15. The van der Waals surface area contributed by atoms with Gasteiger partial charge < -0.3 is 20.0 Å². The smallest absolute Gasteiger partial charge is 0.166 e. The highest BCUT2D eigenvalue weighted by Crippen LogP contribution is 1.96. The minimum Gasteiger partial charge on any atom is -0.363 e. The number of nitrogens with one attached hydrogen (secondary N) is 2. The summed E-state index contributed by atoms with van der Waals surface area (Å²) >= 11 is 3.42. The Bertz CT molecular complexity index is 299. The minimum absolute atomic E-state index is 0.226. The Morgan fingerprint density at radius 1 is 1.11 bits per heavy atom. The Labute approximate surface area is 123 Å². The van der Waals surface area contributed by atoms with Crippen LogP contribution in [0.1, 0.15) is 45.4 Å². The lowest BCUT2D eigenvalue weighted by molar-refractivity contribution is -0.117. The summed E-state index contributed by atoms with van der Waals surface area (Å²) in [6.45, 7) is 3.16. The van der Waals surface area contributed by atoms with E-state index in [1.165, 1.54) is 0 Å². The first-order chi connectivity index (χ1) is 9.02. The summed E-state index contributed by atoms with van der Waals surface area (Å²) in [4.78, 5) is 10.7. The molecule has 0 aromatic heterocycles. The zero-order chi connectivity index (χ0) is 14.5. The Balaban J connectivity index is 3.26. The molecule has 0 aromatic carbocycles. The third-order valence-corrected chi connectivity index (χ3v) is 3.45. The molecule has 19 heavy (non-hydrogen) atoms. The summed E-state index contributed by atoms with van der Waals surface area (Å²) in [6, 6.07) is 0. The summed E-state index contributed by atoms with van der Waals surface area (Å²) in [5, 5.41) is 6.80. The number of rotatable bonds is 11. The van der Waals surface area contributed by atoms with Crippen LogP contribution in [0.2, 0.25) is 0 Å². The van der Waals surface area contributed by atoms with Gasteiger partial charge in [-0.15, -0.1) is 0 Å². The van der Waals surface area contributed by atoms with Crippen molar-refractivity contribution in [2.24, 2.45) is 0 Å². The minimum atomic E-state index is -1.67. The van der Waals surface area contributed by atoms with Crippen LogP contribution in [0.25, 0.3) is 0 Å². The maximum Gasteiger partial charge on any atom is 0.166 e. The van der Waals surface area contributed by atoms with Gasteiger partial charge in [-0.1, -0.05) is 6.42 Å². The number of thiocarbonyl (C=S) groups is 1. The van der Waals surface area contributed by atoms with Gasteiger partial charge >= 0.3 is 0 Å². The van der Waals surface area contributed by atoms with E-state index < -0.39 is 11.1 Å². The SMILES string of the molecule is CC(=O)CCCCNC(=S)NCCCCCS(=O)O. The molecule has 1 unspecified atom stereocenters. The number of hydrogen-bond donors (Lipinski definition) is 3. The Morgan fingerprint density at radius 2 is 1.68 bits per heavy atom. The van der Waals surface area contributed by atoms with Gasteiger partial charge in [0, 0.05) is 25.3 Å². The van der Waals surface area contributed by atoms with Gasteiger partial charge in [-0.05, 0) is 44.8 Å². The summed E-state index contributed by atoms with van der Waals surface area (Å²) in [7, 11) is 0. The number of carbonyl (C=O) groups excluding carboxylic acids is 1. The molecule has 0 spiro atoms. The monoisotopic (exact) mass is 308 g/mol. The van der Waals surface area contributed by atoms with Crippen LogP contribution in [-0.2, 0) is 15.9 Å². The Morgan fingerprint density at radius 3 is 2.21 bits per heavy atom.